The van der Waals surface area contributed by atoms with Gasteiger partial charge in [0.1, 0.15) is 28.3 Å². The number of aromatic nitrogens is 4. The summed E-state index contributed by atoms with van der Waals surface area (Å²) in [5, 5.41) is 10.8. The van der Waals surface area contributed by atoms with Crippen molar-refractivity contribution in [1.82, 2.24) is 19.2 Å². The topological polar surface area (TPSA) is 57.5 Å². The maximum absolute atomic E-state index is 6.59. The van der Waals surface area contributed by atoms with Crippen molar-refractivity contribution in [2.45, 2.75) is 51.4 Å². The van der Waals surface area contributed by atoms with Crippen molar-refractivity contribution >= 4 is 49.3 Å². The molecule has 2 aliphatic heterocycles. The van der Waals surface area contributed by atoms with Crippen LogP contribution in [0.3, 0.4) is 0 Å². The summed E-state index contributed by atoms with van der Waals surface area (Å²) < 4.78 is 17.5. The van der Waals surface area contributed by atoms with Gasteiger partial charge in [-0.2, -0.15) is 5.10 Å². The number of fused-ring (bicyclic) bond motifs is 9. The first-order chi connectivity index (χ1) is 24.3. The summed E-state index contributed by atoms with van der Waals surface area (Å²) in [6, 6.07) is 36.3. The lowest BCUT2D eigenvalue weighted by molar-refractivity contribution is 0.286. The Morgan fingerprint density at radius 1 is 0.660 bits per heavy atom. The van der Waals surface area contributed by atoms with E-state index >= 15 is 0 Å². The molecule has 242 valence electrons. The van der Waals surface area contributed by atoms with Gasteiger partial charge in [0.15, 0.2) is 0 Å². The highest BCUT2D eigenvalue weighted by molar-refractivity contribution is 6.14. The minimum absolute atomic E-state index is 0.148. The number of imidazole rings is 1. The fourth-order valence-corrected chi connectivity index (χ4v) is 8.88. The molecule has 50 heavy (non-hydrogen) atoms. The first kappa shape index (κ1) is 28.0. The van der Waals surface area contributed by atoms with Crippen LogP contribution < -0.4 is 4.74 Å². The highest BCUT2D eigenvalue weighted by atomic mass is 16.5. The lowest BCUT2D eigenvalue weighted by Crippen LogP contribution is -2.44. The van der Waals surface area contributed by atoms with Crippen LogP contribution in [0.1, 0.15) is 61.5 Å². The van der Waals surface area contributed by atoms with Crippen LogP contribution in [0.4, 0.5) is 0 Å². The maximum Gasteiger partial charge on any atom is 0.145 e. The molecule has 0 fully saturated rings. The van der Waals surface area contributed by atoms with Crippen molar-refractivity contribution in [3.05, 3.63) is 143 Å². The monoisotopic (exact) mass is 650 g/mol. The molecule has 0 amide bonds. The van der Waals surface area contributed by atoms with Gasteiger partial charge in [-0.15, -0.1) is 0 Å². The fraction of sp³-hybridized carbons (Fsp3) is 0.182. The van der Waals surface area contributed by atoms with Crippen molar-refractivity contribution in [2.75, 3.05) is 0 Å². The molecule has 0 spiro atoms. The third kappa shape index (κ3) is 3.58. The summed E-state index contributed by atoms with van der Waals surface area (Å²) in [4.78, 5) is 5.63. The van der Waals surface area contributed by atoms with Crippen LogP contribution in [0.2, 0.25) is 0 Å². The fourth-order valence-electron chi connectivity index (χ4n) is 8.88. The van der Waals surface area contributed by atoms with E-state index in [0.29, 0.717) is 12.8 Å². The molecule has 4 aromatic heterocycles. The number of nitrogens with zero attached hydrogens (tertiary/aromatic N) is 4. The highest BCUT2D eigenvalue weighted by Crippen LogP contribution is 2.53. The first-order valence-corrected chi connectivity index (χ1v) is 17.4. The normalized spacial score (nSPS) is 15.9. The molecule has 0 N–H and O–H groups in total. The molecule has 8 bridgehead atoms. The molecule has 0 radical (unpaired) electrons. The van der Waals surface area contributed by atoms with E-state index in [0.717, 1.165) is 61.5 Å². The standard InChI is InChI=1S/C44H34N4O2/c1-43(2)34-14-8-13-32-31-18-17-30-24-33(31)42-45-35(41(44(43,3)4)48(42)40(32)34)22-26-10-6-16-37-39(26)38-25(9-5-15-36(38)50-37)21-27-19-20-47(46-27)28-11-7-12-29(23-28)49-30/h5-20,23-24H,21-22H2,1-4H3. The largest absolute Gasteiger partial charge is 0.457 e. The second-order valence-corrected chi connectivity index (χ2v) is 15.1. The van der Waals surface area contributed by atoms with E-state index in [2.05, 4.69) is 117 Å². The van der Waals surface area contributed by atoms with E-state index in [1.54, 1.807) is 0 Å². The molecule has 11 rings (SSSR count). The number of furan rings is 1. The number of hydrogen-bond acceptors (Lipinski definition) is 4. The zero-order valence-corrected chi connectivity index (χ0v) is 28.4. The zero-order valence-electron chi connectivity index (χ0n) is 28.4. The van der Waals surface area contributed by atoms with Gasteiger partial charge in [-0.05, 0) is 70.6 Å². The maximum atomic E-state index is 6.59. The Bertz CT molecular complexity index is 2920. The van der Waals surface area contributed by atoms with Crippen LogP contribution in [0, 0.1) is 0 Å². The van der Waals surface area contributed by atoms with Gasteiger partial charge >= 0.3 is 0 Å². The predicted octanol–water partition coefficient (Wildman–Crippen LogP) is 10.6. The lowest BCUT2D eigenvalue weighted by atomic mass is 9.60. The Kier molecular flexibility index (Phi) is 5.28. The summed E-state index contributed by atoms with van der Waals surface area (Å²) in [6.07, 6.45) is 3.39. The second kappa shape index (κ2) is 9.42. The Morgan fingerprint density at radius 3 is 2.22 bits per heavy atom. The summed E-state index contributed by atoms with van der Waals surface area (Å²) in [5.41, 5.74) is 11.7. The van der Waals surface area contributed by atoms with Gasteiger partial charge in [0.2, 0.25) is 0 Å². The Morgan fingerprint density at radius 2 is 1.40 bits per heavy atom. The molecule has 0 unspecified atom stereocenters. The van der Waals surface area contributed by atoms with Gasteiger partial charge in [-0.25, -0.2) is 9.67 Å². The van der Waals surface area contributed by atoms with Gasteiger partial charge < -0.3 is 9.15 Å². The third-order valence-corrected chi connectivity index (χ3v) is 11.9. The molecule has 0 saturated heterocycles. The van der Waals surface area contributed by atoms with Crippen LogP contribution in [-0.2, 0) is 23.7 Å². The molecular weight excluding hydrogens is 617 g/mol. The molecule has 0 aliphatic carbocycles. The molecule has 9 aromatic rings. The third-order valence-electron chi connectivity index (χ3n) is 11.9. The summed E-state index contributed by atoms with van der Waals surface area (Å²) in [5.74, 6) is 1.53. The van der Waals surface area contributed by atoms with E-state index in [-0.39, 0.29) is 10.8 Å². The number of ether oxygens (including phenoxy) is 1. The molecular formula is C44H34N4O2. The first-order valence-electron chi connectivity index (χ1n) is 17.4. The Balaban J connectivity index is 1.28. The predicted molar refractivity (Wildman–Crippen MR) is 199 cm³/mol. The van der Waals surface area contributed by atoms with E-state index in [9.17, 15) is 0 Å². The van der Waals surface area contributed by atoms with Crippen molar-refractivity contribution in [1.29, 1.82) is 0 Å². The van der Waals surface area contributed by atoms with Gasteiger partial charge in [-0.3, -0.25) is 4.40 Å². The molecule has 6 nitrogen and oxygen atoms in total. The second-order valence-electron chi connectivity index (χ2n) is 15.1. The van der Waals surface area contributed by atoms with Crippen molar-refractivity contribution in [3.63, 3.8) is 0 Å². The van der Waals surface area contributed by atoms with Crippen LogP contribution in [0.25, 0.3) is 54.9 Å². The number of hydrogen-bond donors (Lipinski definition) is 0. The Hall–Kier alpha value is -5.88. The van der Waals surface area contributed by atoms with E-state index in [4.69, 9.17) is 19.2 Å². The SMILES string of the molecule is CC1(C)c2cccc3c4ccc5cc4c4nc(c(n4c23)C1(C)C)Cc1cccc2oc3cccc(c3c12)Cc1ccn(n1)-c1cccc(c1)O5. The van der Waals surface area contributed by atoms with Crippen molar-refractivity contribution in [3.8, 4) is 17.2 Å². The minimum Gasteiger partial charge on any atom is -0.457 e. The average Bonchev–Trinajstić information content (AvgIpc) is 3.84. The molecule has 0 atom stereocenters. The zero-order chi connectivity index (χ0) is 33.5. The summed E-state index contributed by atoms with van der Waals surface area (Å²) >= 11 is 0. The van der Waals surface area contributed by atoms with Crippen LogP contribution in [0.5, 0.6) is 11.5 Å². The van der Waals surface area contributed by atoms with Crippen LogP contribution in [0.15, 0.2) is 114 Å². The summed E-state index contributed by atoms with van der Waals surface area (Å²) in [6.45, 7) is 9.57. The lowest BCUT2D eigenvalue weighted by Gasteiger charge is -2.46. The number of pyridine rings is 1. The number of rotatable bonds is 0. The molecule has 2 aliphatic rings. The molecule has 0 saturated carbocycles. The number of benzene rings is 5. The Labute approximate surface area is 288 Å². The van der Waals surface area contributed by atoms with Crippen LogP contribution in [-0.4, -0.2) is 19.2 Å². The van der Waals surface area contributed by atoms with Crippen LogP contribution >= 0.6 is 0 Å². The quantitative estimate of drug-likeness (QED) is 0.153. The van der Waals surface area contributed by atoms with Gasteiger partial charge in [0, 0.05) is 57.5 Å². The van der Waals surface area contributed by atoms with Gasteiger partial charge in [-0.1, -0.05) is 76.2 Å². The molecule has 6 heteroatoms. The number of para-hydroxylation sites is 1. The van der Waals surface area contributed by atoms with Crippen molar-refractivity contribution in [2.24, 2.45) is 0 Å². The van der Waals surface area contributed by atoms with Crippen molar-refractivity contribution < 1.29 is 9.15 Å². The minimum atomic E-state index is -0.224. The molecule has 5 aromatic carbocycles. The van der Waals surface area contributed by atoms with E-state index < -0.39 is 0 Å². The van der Waals surface area contributed by atoms with Gasteiger partial charge in [0.25, 0.3) is 0 Å². The summed E-state index contributed by atoms with van der Waals surface area (Å²) in [7, 11) is 0. The van der Waals surface area contributed by atoms with Gasteiger partial charge in [0.05, 0.1) is 28.3 Å². The smallest absolute Gasteiger partial charge is 0.145 e. The molecule has 6 heterocycles. The van der Waals surface area contributed by atoms with E-state index in [1.165, 1.54) is 38.7 Å². The van der Waals surface area contributed by atoms with E-state index in [1.807, 2.05) is 29.1 Å². The highest BCUT2D eigenvalue weighted by Gasteiger charge is 2.48. The average molecular weight is 651 g/mol.